The molecule has 126 valence electrons. The number of likely N-dealkylation sites (N-methyl/N-ethyl adjacent to an activating group) is 1. The molecule has 0 saturated carbocycles. The standard InChI is InChI=1S/C19H19N5S/c1-3-24-7-6-13-14(9-24)15(8-20)19(10-21,11-22)17(18(13)23)16-5-4-12(2)25-16/h4-6,14-15H,3,7,9,23H2,1-2H3/t14-,15?/m1/s1. The molecule has 1 aromatic rings. The summed E-state index contributed by atoms with van der Waals surface area (Å²) in [5.74, 6) is -0.962. The summed E-state index contributed by atoms with van der Waals surface area (Å²) in [5.41, 5.74) is 6.87. The number of nitriles is 3. The second-order valence-electron chi connectivity index (χ2n) is 6.46. The van der Waals surface area contributed by atoms with Crippen molar-refractivity contribution in [1.82, 2.24) is 4.90 Å². The Bertz CT molecular complexity index is 872. The zero-order valence-electron chi connectivity index (χ0n) is 14.3. The summed E-state index contributed by atoms with van der Waals surface area (Å²) in [5, 5.41) is 29.8. The number of rotatable bonds is 2. The average molecular weight is 349 g/mol. The van der Waals surface area contributed by atoms with Crippen molar-refractivity contribution in [3.63, 3.8) is 0 Å². The normalized spacial score (nSPS) is 25.3. The van der Waals surface area contributed by atoms with Crippen molar-refractivity contribution in [3.05, 3.63) is 39.2 Å². The highest BCUT2D eigenvalue weighted by Gasteiger charge is 2.55. The Morgan fingerprint density at radius 2 is 2.04 bits per heavy atom. The number of aryl methyl sites for hydroxylation is 1. The predicted molar refractivity (Wildman–Crippen MR) is 96.6 cm³/mol. The van der Waals surface area contributed by atoms with Crippen molar-refractivity contribution in [1.29, 1.82) is 15.8 Å². The molecule has 0 radical (unpaired) electrons. The summed E-state index contributed by atoms with van der Waals surface area (Å²) in [6.45, 7) is 6.29. The number of nitrogens with zero attached hydrogens (tertiary/aromatic N) is 4. The zero-order chi connectivity index (χ0) is 18.2. The summed E-state index contributed by atoms with van der Waals surface area (Å²) < 4.78 is 0. The van der Waals surface area contributed by atoms with Crippen molar-refractivity contribution in [2.45, 2.75) is 13.8 Å². The maximum atomic E-state index is 9.97. The van der Waals surface area contributed by atoms with Crippen molar-refractivity contribution in [2.75, 3.05) is 19.6 Å². The van der Waals surface area contributed by atoms with Gasteiger partial charge in [0.25, 0.3) is 0 Å². The average Bonchev–Trinajstić information content (AvgIpc) is 3.06. The van der Waals surface area contributed by atoms with E-state index in [4.69, 9.17) is 5.73 Å². The van der Waals surface area contributed by atoms with E-state index in [9.17, 15) is 15.8 Å². The van der Waals surface area contributed by atoms with Gasteiger partial charge in [0, 0.05) is 40.0 Å². The van der Waals surface area contributed by atoms with Crippen LogP contribution < -0.4 is 5.73 Å². The van der Waals surface area contributed by atoms with Crippen LogP contribution in [0.4, 0.5) is 0 Å². The van der Waals surface area contributed by atoms with Gasteiger partial charge in [0.1, 0.15) is 0 Å². The van der Waals surface area contributed by atoms with Crippen LogP contribution in [0.3, 0.4) is 0 Å². The van der Waals surface area contributed by atoms with Crippen LogP contribution in [0, 0.1) is 58.2 Å². The first-order chi connectivity index (χ1) is 12.0. The van der Waals surface area contributed by atoms with Gasteiger partial charge in [-0.25, -0.2) is 0 Å². The lowest BCUT2D eigenvalue weighted by molar-refractivity contribution is 0.213. The largest absolute Gasteiger partial charge is 0.398 e. The molecule has 1 aliphatic heterocycles. The van der Waals surface area contributed by atoms with Crippen molar-refractivity contribution in [2.24, 2.45) is 23.0 Å². The first-order valence-electron chi connectivity index (χ1n) is 8.24. The van der Waals surface area contributed by atoms with E-state index < -0.39 is 11.3 Å². The molecule has 3 rings (SSSR count). The third-order valence-corrected chi connectivity index (χ3v) is 6.21. The maximum absolute atomic E-state index is 9.97. The fourth-order valence-electron chi connectivity index (χ4n) is 3.86. The van der Waals surface area contributed by atoms with Crippen molar-refractivity contribution < 1.29 is 0 Å². The van der Waals surface area contributed by atoms with Gasteiger partial charge in [0.05, 0.1) is 24.1 Å². The molecule has 2 aliphatic rings. The van der Waals surface area contributed by atoms with Gasteiger partial charge < -0.3 is 5.73 Å². The van der Waals surface area contributed by atoms with Crippen LogP contribution in [-0.2, 0) is 0 Å². The molecule has 1 unspecified atom stereocenters. The summed E-state index contributed by atoms with van der Waals surface area (Å²) in [6, 6.07) is 10.4. The SMILES string of the molecule is CCN1CC=C2C(N)=C(c3ccc(C)s3)C(C#N)(C#N)C(C#N)[C@@H]2C1. The van der Waals surface area contributed by atoms with E-state index in [1.165, 1.54) is 11.3 Å². The minimum Gasteiger partial charge on any atom is -0.398 e. The Morgan fingerprint density at radius 3 is 2.56 bits per heavy atom. The molecule has 2 heterocycles. The molecule has 0 saturated heterocycles. The molecular weight excluding hydrogens is 330 g/mol. The zero-order valence-corrected chi connectivity index (χ0v) is 15.1. The number of hydrogen-bond donors (Lipinski definition) is 1. The van der Waals surface area contributed by atoms with Gasteiger partial charge >= 0.3 is 0 Å². The van der Waals surface area contributed by atoms with Crippen LogP contribution in [0.25, 0.3) is 5.57 Å². The van der Waals surface area contributed by atoms with E-state index in [-0.39, 0.29) is 5.92 Å². The lowest BCUT2D eigenvalue weighted by Gasteiger charge is -2.43. The van der Waals surface area contributed by atoms with Crippen LogP contribution in [-0.4, -0.2) is 24.5 Å². The van der Waals surface area contributed by atoms with Crippen molar-refractivity contribution in [3.8, 4) is 18.2 Å². The monoisotopic (exact) mass is 349 g/mol. The molecular formula is C19H19N5S. The highest BCUT2D eigenvalue weighted by atomic mass is 32.1. The first kappa shape index (κ1) is 17.2. The van der Waals surface area contributed by atoms with Gasteiger partial charge in [0.2, 0.25) is 0 Å². The molecule has 25 heavy (non-hydrogen) atoms. The van der Waals surface area contributed by atoms with Gasteiger partial charge in [0.15, 0.2) is 5.41 Å². The summed E-state index contributed by atoms with van der Waals surface area (Å²) in [4.78, 5) is 4.08. The Kier molecular flexibility index (Phi) is 4.39. The van der Waals surface area contributed by atoms with Crippen LogP contribution in [0.1, 0.15) is 16.7 Å². The molecule has 5 nitrogen and oxygen atoms in total. The van der Waals surface area contributed by atoms with E-state index in [2.05, 4.69) is 36.1 Å². The van der Waals surface area contributed by atoms with Crippen LogP contribution in [0.2, 0.25) is 0 Å². The lowest BCUT2D eigenvalue weighted by atomic mass is 9.59. The maximum Gasteiger partial charge on any atom is 0.188 e. The molecule has 0 bridgehead atoms. The number of fused-ring (bicyclic) bond motifs is 1. The number of thiophene rings is 1. The van der Waals surface area contributed by atoms with Crippen molar-refractivity contribution >= 4 is 16.9 Å². The first-order valence-corrected chi connectivity index (χ1v) is 9.06. The van der Waals surface area contributed by atoms with Gasteiger partial charge in [-0.3, -0.25) is 4.90 Å². The topological polar surface area (TPSA) is 101 Å². The Labute approximate surface area is 151 Å². The summed E-state index contributed by atoms with van der Waals surface area (Å²) in [6.07, 6.45) is 2.05. The fourth-order valence-corrected chi connectivity index (χ4v) is 4.85. The Hall–Kier alpha value is -2.59. The molecule has 1 aliphatic carbocycles. The number of nitrogens with two attached hydrogens (primary N) is 1. The van der Waals surface area contributed by atoms with E-state index in [0.29, 0.717) is 17.8 Å². The van der Waals surface area contributed by atoms with Crippen LogP contribution >= 0.6 is 11.3 Å². The molecule has 0 aromatic carbocycles. The van der Waals surface area contributed by atoms with E-state index in [1.807, 2.05) is 19.1 Å². The molecule has 0 amide bonds. The Morgan fingerprint density at radius 1 is 1.32 bits per heavy atom. The summed E-state index contributed by atoms with van der Waals surface area (Å²) >= 11 is 1.50. The minimum absolute atomic E-state index is 0.220. The molecule has 6 heteroatoms. The fraction of sp³-hybridized carbons (Fsp3) is 0.421. The highest BCUT2D eigenvalue weighted by molar-refractivity contribution is 7.13. The van der Waals surface area contributed by atoms with E-state index >= 15 is 0 Å². The van der Waals surface area contributed by atoms with E-state index in [1.54, 1.807) is 0 Å². The lowest BCUT2D eigenvalue weighted by Crippen LogP contribution is -2.47. The van der Waals surface area contributed by atoms with Gasteiger partial charge in [-0.1, -0.05) is 13.0 Å². The van der Waals surface area contributed by atoms with Crippen LogP contribution in [0.15, 0.2) is 29.5 Å². The number of allylic oxidation sites excluding steroid dienone is 2. The predicted octanol–water partition coefficient (Wildman–Crippen LogP) is 2.79. The third kappa shape index (κ3) is 2.45. The quantitative estimate of drug-likeness (QED) is 0.885. The van der Waals surface area contributed by atoms with Gasteiger partial charge in [-0.05, 0) is 31.2 Å². The number of hydrogen-bond acceptors (Lipinski definition) is 6. The van der Waals surface area contributed by atoms with Crippen LogP contribution in [0.5, 0.6) is 0 Å². The Balaban J connectivity index is 2.30. The van der Waals surface area contributed by atoms with Gasteiger partial charge in [-0.2, -0.15) is 15.8 Å². The molecule has 2 atom stereocenters. The molecule has 0 fully saturated rings. The highest BCUT2D eigenvalue weighted by Crippen LogP contribution is 2.54. The molecule has 1 aromatic heterocycles. The third-order valence-electron chi connectivity index (χ3n) is 5.19. The van der Waals surface area contributed by atoms with E-state index in [0.717, 1.165) is 28.4 Å². The molecule has 2 N–H and O–H groups in total. The summed E-state index contributed by atoms with van der Waals surface area (Å²) in [7, 11) is 0. The smallest absolute Gasteiger partial charge is 0.188 e. The minimum atomic E-state index is -1.55. The molecule has 0 spiro atoms. The van der Waals surface area contributed by atoms with Gasteiger partial charge in [-0.15, -0.1) is 11.3 Å². The second kappa shape index (κ2) is 6.37. The second-order valence-corrected chi connectivity index (χ2v) is 7.74.